The smallest absolute Gasteiger partial charge is 0.317 e. The molecule has 2 aromatic heterocycles. The summed E-state index contributed by atoms with van der Waals surface area (Å²) in [6.45, 7) is 4.92. The zero-order valence-corrected chi connectivity index (χ0v) is 14.7. The van der Waals surface area contributed by atoms with E-state index in [2.05, 4.69) is 25.2 Å². The fourth-order valence-electron chi connectivity index (χ4n) is 3.56. The Labute approximate surface area is 152 Å². The fourth-order valence-corrected chi connectivity index (χ4v) is 3.56. The molecule has 4 heterocycles. The van der Waals surface area contributed by atoms with Crippen molar-refractivity contribution in [2.75, 3.05) is 39.4 Å². The van der Waals surface area contributed by atoms with Crippen LogP contribution < -0.4 is 5.32 Å². The van der Waals surface area contributed by atoms with Crippen molar-refractivity contribution in [3.8, 4) is 0 Å². The molecule has 0 saturated carbocycles. The van der Waals surface area contributed by atoms with Gasteiger partial charge in [-0.3, -0.25) is 9.88 Å². The summed E-state index contributed by atoms with van der Waals surface area (Å²) in [5.74, 6) is 0. The van der Waals surface area contributed by atoms with Crippen molar-refractivity contribution in [3.63, 3.8) is 0 Å². The van der Waals surface area contributed by atoms with Crippen molar-refractivity contribution in [1.29, 1.82) is 0 Å². The predicted molar refractivity (Wildman–Crippen MR) is 95.5 cm³/mol. The molecule has 0 aliphatic carbocycles. The highest BCUT2D eigenvalue weighted by molar-refractivity contribution is 5.74. The molecule has 0 radical (unpaired) electrons. The van der Waals surface area contributed by atoms with Crippen LogP contribution in [0, 0.1) is 0 Å². The van der Waals surface area contributed by atoms with Gasteiger partial charge in [0.25, 0.3) is 0 Å². The monoisotopic (exact) mass is 356 g/mol. The van der Waals surface area contributed by atoms with E-state index in [-0.39, 0.29) is 12.1 Å². The summed E-state index contributed by atoms with van der Waals surface area (Å²) in [5.41, 5.74) is 3.07. The zero-order valence-electron chi connectivity index (χ0n) is 14.7. The van der Waals surface area contributed by atoms with Crippen molar-refractivity contribution >= 4 is 6.03 Å². The van der Waals surface area contributed by atoms with Gasteiger partial charge in [0, 0.05) is 38.8 Å². The Kier molecular flexibility index (Phi) is 5.12. The largest absolute Gasteiger partial charge is 0.379 e. The summed E-state index contributed by atoms with van der Waals surface area (Å²) in [6.07, 6.45) is 4.29. The number of aromatic nitrogens is 3. The van der Waals surface area contributed by atoms with Crippen LogP contribution in [-0.2, 0) is 17.7 Å². The number of imidazole rings is 1. The molecule has 1 atom stereocenters. The average Bonchev–Trinajstić information content (AvgIpc) is 3.17. The number of carbonyl (C=O) groups excluding carboxylic acids is 1. The molecule has 26 heavy (non-hydrogen) atoms. The molecule has 2 N–H and O–H groups in total. The Morgan fingerprint density at radius 2 is 2.15 bits per heavy atom. The van der Waals surface area contributed by atoms with Gasteiger partial charge in [-0.2, -0.15) is 0 Å². The van der Waals surface area contributed by atoms with Gasteiger partial charge >= 0.3 is 6.03 Å². The van der Waals surface area contributed by atoms with Gasteiger partial charge in [-0.15, -0.1) is 0 Å². The second kappa shape index (κ2) is 7.84. The van der Waals surface area contributed by atoms with Crippen molar-refractivity contribution in [1.82, 2.24) is 30.1 Å². The third kappa shape index (κ3) is 3.71. The number of aromatic amines is 1. The first-order valence-corrected chi connectivity index (χ1v) is 9.08. The molecular weight excluding hydrogens is 332 g/mol. The number of carbonyl (C=O) groups is 1. The number of nitrogens with zero attached hydrogens (tertiary/aromatic N) is 4. The van der Waals surface area contributed by atoms with E-state index in [4.69, 9.17) is 4.74 Å². The van der Waals surface area contributed by atoms with Crippen LogP contribution in [0.3, 0.4) is 0 Å². The van der Waals surface area contributed by atoms with Gasteiger partial charge in [0.2, 0.25) is 0 Å². The Hall–Kier alpha value is -2.45. The number of hydrogen-bond acceptors (Lipinski definition) is 5. The SMILES string of the molecule is O=C(NC[C@H](c1ccccn1)N1CCOCC1)N1CCc2nc[nH]c2C1. The Bertz CT molecular complexity index is 728. The normalized spacial score (nSPS) is 19.0. The maximum absolute atomic E-state index is 12.7. The molecule has 1 fully saturated rings. The molecular formula is C18H24N6O2. The van der Waals surface area contributed by atoms with Crippen molar-refractivity contribution < 1.29 is 9.53 Å². The molecule has 2 aromatic rings. The third-order valence-electron chi connectivity index (χ3n) is 5.02. The molecule has 0 unspecified atom stereocenters. The lowest BCUT2D eigenvalue weighted by molar-refractivity contribution is 0.0156. The molecule has 4 rings (SSSR count). The number of amides is 2. The van der Waals surface area contributed by atoms with Crippen LogP contribution >= 0.6 is 0 Å². The van der Waals surface area contributed by atoms with Gasteiger partial charge in [0.05, 0.1) is 49.2 Å². The van der Waals surface area contributed by atoms with Crippen LogP contribution in [0.1, 0.15) is 23.1 Å². The second-order valence-electron chi connectivity index (χ2n) is 6.60. The summed E-state index contributed by atoms with van der Waals surface area (Å²) in [6, 6.07) is 5.93. The van der Waals surface area contributed by atoms with Gasteiger partial charge in [-0.05, 0) is 12.1 Å². The van der Waals surface area contributed by atoms with E-state index in [1.54, 1.807) is 12.5 Å². The van der Waals surface area contributed by atoms with Gasteiger partial charge in [0.15, 0.2) is 0 Å². The zero-order chi connectivity index (χ0) is 17.8. The van der Waals surface area contributed by atoms with Crippen LogP contribution in [0.4, 0.5) is 4.79 Å². The standard InChI is InChI=1S/C18H24N6O2/c25-18(24-6-4-14-16(12-24)22-13-21-14)20-11-17(15-3-1-2-5-19-15)23-7-9-26-10-8-23/h1-3,5,13,17H,4,6-12H2,(H,20,25)(H,21,22)/t17-/m1/s1. The van der Waals surface area contributed by atoms with Crippen molar-refractivity contribution in [2.45, 2.75) is 19.0 Å². The van der Waals surface area contributed by atoms with E-state index in [1.165, 1.54) is 0 Å². The van der Waals surface area contributed by atoms with Crippen LogP contribution in [0.15, 0.2) is 30.7 Å². The molecule has 2 aliphatic rings. The summed E-state index contributed by atoms with van der Waals surface area (Å²) < 4.78 is 5.47. The highest BCUT2D eigenvalue weighted by atomic mass is 16.5. The van der Waals surface area contributed by atoms with Crippen molar-refractivity contribution in [3.05, 3.63) is 47.8 Å². The lowest BCUT2D eigenvalue weighted by Crippen LogP contribution is -2.48. The average molecular weight is 356 g/mol. The van der Waals surface area contributed by atoms with Gasteiger partial charge in [0.1, 0.15) is 0 Å². The van der Waals surface area contributed by atoms with Gasteiger partial charge in [-0.25, -0.2) is 9.78 Å². The summed E-state index contributed by atoms with van der Waals surface area (Å²) in [5, 5.41) is 3.10. The van der Waals surface area contributed by atoms with E-state index < -0.39 is 0 Å². The minimum Gasteiger partial charge on any atom is -0.379 e. The first-order valence-electron chi connectivity index (χ1n) is 9.08. The number of morpholine rings is 1. The number of rotatable bonds is 4. The molecule has 1 saturated heterocycles. The molecule has 8 heteroatoms. The summed E-state index contributed by atoms with van der Waals surface area (Å²) in [7, 11) is 0. The molecule has 0 aromatic carbocycles. The number of nitrogens with one attached hydrogen (secondary N) is 2. The number of H-pyrrole nitrogens is 1. The summed E-state index contributed by atoms with van der Waals surface area (Å²) in [4.78, 5) is 28.7. The molecule has 2 aliphatic heterocycles. The molecule has 0 bridgehead atoms. The minimum absolute atomic E-state index is 0.0422. The molecule has 8 nitrogen and oxygen atoms in total. The van der Waals surface area contributed by atoms with E-state index in [1.807, 2.05) is 23.1 Å². The van der Waals surface area contributed by atoms with E-state index in [0.29, 0.717) is 32.8 Å². The maximum Gasteiger partial charge on any atom is 0.317 e. The maximum atomic E-state index is 12.7. The van der Waals surface area contributed by atoms with Crippen LogP contribution in [-0.4, -0.2) is 70.2 Å². The Balaban J connectivity index is 1.40. The highest BCUT2D eigenvalue weighted by Crippen LogP contribution is 2.20. The first-order chi connectivity index (χ1) is 12.8. The fraction of sp³-hybridized carbons (Fsp3) is 0.500. The van der Waals surface area contributed by atoms with Crippen LogP contribution in [0.5, 0.6) is 0 Å². The molecule has 2 amide bonds. The van der Waals surface area contributed by atoms with E-state index in [9.17, 15) is 4.79 Å². The lowest BCUT2D eigenvalue weighted by Gasteiger charge is -2.35. The third-order valence-corrected chi connectivity index (χ3v) is 5.02. The van der Waals surface area contributed by atoms with Crippen LogP contribution in [0.2, 0.25) is 0 Å². The summed E-state index contributed by atoms with van der Waals surface area (Å²) >= 11 is 0. The number of pyridine rings is 1. The molecule has 0 spiro atoms. The highest BCUT2D eigenvalue weighted by Gasteiger charge is 2.26. The topological polar surface area (TPSA) is 86.4 Å². The number of ether oxygens (including phenoxy) is 1. The van der Waals surface area contributed by atoms with E-state index >= 15 is 0 Å². The van der Waals surface area contributed by atoms with Gasteiger partial charge in [-0.1, -0.05) is 6.07 Å². The van der Waals surface area contributed by atoms with Crippen LogP contribution in [0.25, 0.3) is 0 Å². The first kappa shape index (κ1) is 17.0. The van der Waals surface area contributed by atoms with Gasteiger partial charge < -0.3 is 19.9 Å². The predicted octanol–water partition coefficient (Wildman–Crippen LogP) is 0.946. The number of fused-ring (bicyclic) bond motifs is 1. The number of hydrogen-bond donors (Lipinski definition) is 2. The minimum atomic E-state index is -0.0422. The second-order valence-corrected chi connectivity index (χ2v) is 6.60. The van der Waals surface area contributed by atoms with E-state index in [0.717, 1.165) is 36.6 Å². The number of urea groups is 1. The quantitative estimate of drug-likeness (QED) is 0.852. The van der Waals surface area contributed by atoms with Crippen molar-refractivity contribution in [2.24, 2.45) is 0 Å². The lowest BCUT2D eigenvalue weighted by atomic mass is 10.1. The Morgan fingerprint density at radius 1 is 1.27 bits per heavy atom. The Morgan fingerprint density at radius 3 is 2.96 bits per heavy atom. The molecule has 138 valence electrons.